The molecule has 0 saturated carbocycles. The highest BCUT2D eigenvalue weighted by atomic mass is 19.1. The van der Waals surface area contributed by atoms with Gasteiger partial charge in [0, 0.05) is 41.7 Å². The molecule has 0 atom stereocenters. The number of rotatable bonds is 4. The van der Waals surface area contributed by atoms with Gasteiger partial charge in [-0.05, 0) is 49.2 Å². The Hall–Kier alpha value is -3.68. The first-order valence-electron chi connectivity index (χ1n) is 9.88. The average Bonchev–Trinajstić information content (AvgIpc) is 2.77. The van der Waals surface area contributed by atoms with E-state index in [-0.39, 0.29) is 29.8 Å². The molecule has 4 rings (SSSR count). The van der Waals surface area contributed by atoms with Gasteiger partial charge in [-0.25, -0.2) is 9.18 Å². The number of ether oxygens (including phenoxy) is 1. The molecule has 1 aliphatic heterocycles. The van der Waals surface area contributed by atoms with Gasteiger partial charge in [0.1, 0.15) is 23.8 Å². The molecule has 1 fully saturated rings. The van der Waals surface area contributed by atoms with E-state index in [4.69, 9.17) is 9.15 Å². The fraction of sp³-hybridized carbons (Fsp3) is 0.261. The molecule has 1 N–H and O–H groups in total. The van der Waals surface area contributed by atoms with Gasteiger partial charge >= 0.3 is 11.6 Å². The van der Waals surface area contributed by atoms with Gasteiger partial charge in [0.15, 0.2) is 0 Å². The van der Waals surface area contributed by atoms with E-state index in [1.54, 1.807) is 11.0 Å². The summed E-state index contributed by atoms with van der Waals surface area (Å²) < 4.78 is 23.5. The van der Waals surface area contributed by atoms with E-state index in [0.717, 1.165) is 0 Å². The molecule has 0 spiro atoms. The molecule has 1 amide bonds. The number of carbonyl (C=O) groups is 2. The summed E-state index contributed by atoms with van der Waals surface area (Å²) in [5.74, 6) is -1.38. The Balaban J connectivity index is 1.36. The van der Waals surface area contributed by atoms with Crippen LogP contribution in [0, 0.1) is 11.7 Å². The lowest BCUT2D eigenvalue weighted by atomic mass is 9.96. The zero-order valence-corrected chi connectivity index (χ0v) is 16.5. The predicted octanol–water partition coefficient (Wildman–Crippen LogP) is 3.23. The molecule has 8 heteroatoms. The number of phenolic OH excluding ortho intramolecular Hbond substituents is 1. The van der Waals surface area contributed by atoms with Crippen LogP contribution in [0.4, 0.5) is 4.39 Å². The number of hydrogen-bond donors (Lipinski definition) is 1. The minimum absolute atomic E-state index is 0.0354. The van der Waals surface area contributed by atoms with Crippen LogP contribution in [0.2, 0.25) is 0 Å². The van der Waals surface area contributed by atoms with Crippen molar-refractivity contribution in [2.75, 3.05) is 13.1 Å². The summed E-state index contributed by atoms with van der Waals surface area (Å²) in [6.45, 7) is 0.695. The van der Waals surface area contributed by atoms with Gasteiger partial charge in [0.2, 0.25) is 0 Å². The Labute approximate surface area is 176 Å². The molecule has 7 nitrogen and oxygen atoms in total. The lowest BCUT2D eigenvalue weighted by molar-refractivity contribution is -0.151. The van der Waals surface area contributed by atoms with Crippen molar-refractivity contribution >= 4 is 22.8 Å². The highest BCUT2D eigenvalue weighted by Gasteiger charge is 2.29. The van der Waals surface area contributed by atoms with Crippen LogP contribution >= 0.6 is 0 Å². The van der Waals surface area contributed by atoms with Crippen molar-refractivity contribution < 1.29 is 28.2 Å². The molecule has 160 valence electrons. The molecule has 31 heavy (non-hydrogen) atoms. The lowest BCUT2D eigenvalue weighted by Crippen LogP contribution is -2.40. The number of nitrogens with zero attached hydrogens (tertiary/aromatic N) is 1. The Morgan fingerprint density at radius 2 is 1.81 bits per heavy atom. The maximum absolute atomic E-state index is 13.0. The molecule has 1 aromatic heterocycles. The third kappa shape index (κ3) is 4.58. The molecule has 2 heterocycles. The summed E-state index contributed by atoms with van der Waals surface area (Å²) in [4.78, 5) is 38.4. The Morgan fingerprint density at radius 1 is 1.10 bits per heavy atom. The second-order valence-corrected chi connectivity index (χ2v) is 7.45. The normalized spacial score (nSPS) is 14.5. The number of amides is 1. The van der Waals surface area contributed by atoms with Crippen LogP contribution in [0.15, 0.2) is 57.7 Å². The molecular weight excluding hydrogens is 405 g/mol. The molecular formula is C23H20FNO6. The first kappa shape index (κ1) is 20.6. The third-order valence-electron chi connectivity index (χ3n) is 5.39. The number of likely N-dealkylation sites (tertiary alicyclic amines) is 1. The first-order chi connectivity index (χ1) is 14.9. The minimum Gasteiger partial charge on any atom is -0.508 e. The van der Waals surface area contributed by atoms with Crippen molar-refractivity contribution in [3.63, 3.8) is 0 Å². The minimum atomic E-state index is -0.600. The average molecular weight is 425 g/mol. The molecule has 1 saturated heterocycles. The fourth-order valence-corrected chi connectivity index (χ4v) is 3.70. The van der Waals surface area contributed by atoms with Crippen molar-refractivity contribution in [3.05, 3.63) is 75.9 Å². The Bertz CT molecular complexity index is 1180. The molecule has 0 unspecified atom stereocenters. The van der Waals surface area contributed by atoms with Gasteiger partial charge in [0.25, 0.3) is 5.91 Å². The van der Waals surface area contributed by atoms with Crippen LogP contribution < -0.4 is 5.63 Å². The smallest absolute Gasteiger partial charge is 0.336 e. The van der Waals surface area contributed by atoms with Crippen LogP contribution in [0.25, 0.3) is 11.0 Å². The number of aromatic hydroxyl groups is 1. The standard InChI is InChI=1S/C23H20FNO6/c24-17-3-1-14(2-4-17)22(28)25-9-7-15(8-10-25)23(29)30-13-16-11-21(27)31-20-12-18(26)5-6-19(16)20/h1-6,11-12,15,26H,7-10,13H2. The van der Waals surface area contributed by atoms with E-state index in [1.165, 1.54) is 42.5 Å². The number of carbonyl (C=O) groups excluding carboxylic acids is 2. The highest BCUT2D eigenvalue weighted by Crippen LogP contribution is 2.24. The van der Waals surface area contributed by atoms with Gasteiger partial charge < -0.3 is 19.2 Å². The largest absolute Gasteiger partial charge is 0.508 e. The number of benzene rings is 2. The van der Waals surface area contributed by atoms with E-state index < -0.39 is 17.4 Å². The predicted molar refractivity (Wildman–Crippen MR) is 109 cm³/mol. The molecule has 0 aliphatic carbocycles. The second-order valence-electron chi connectivity index (χ2n) is 7.45. The van der Waals surface area contributed by atoms with Gasteiger partial charge in [-0.15, -0.1) is 0 Å². The van der Waals surface area contributed by atoms with E-state index in [9.17, 15) is 23.9 Å². The monoisotopic (exact) mass is 425 g/mol. The quantitative estimate of drug-likeness (QED) is 0.509. The van der Waals surface area contributed by atoms with Gasteiger partial charge in [-0.1, -0.05) is 0 Å². The second kappa shape index (κ2) is 8.59. The molecule has 1 aliphatic rings. The molecule has 0 radical (unpaired) electrons. The zero-order chi connectivity index (χ0) is 22.0. The van der Waals surface area contributed by atoms with Gasteiger partial charge in [-0.3, -0.25) is 9.59 Å². The van der Waals surface area contributed by atoms with Crippen LogP contribution in [0.3, 0.4) is 0 Å². The van der Waals surface area contributed by atoms with Gasteiger partial charge in [0.05, 0.1) is 5.92 Å². The summed E-state index contributed by atoms with van der Waals surface area (Å²) in [5.41, 5.74) is 0.509. The number of phenols is 1. The van der Waals surface area contributed by atoms with E-state index in [1.807, 2.05) is 0 Å². The van der Waals surface area contributed by atoms with E-state index in [2.05, 4.69) is 0 Å². The number of hydrogen-bond acceptors (Lipinski definition) is 6. The van der Waals surface area contributed by atoms with Crippen molar-refractivity contribution in [2.45, 2.75) is 19.4 Å². The van der Waals surface area contributed by atoms with Crippen LogP contribution in [-0.2, 0) is 16.1 Å². The third-order valence-corrected chi connectivity index (χ3v) is 5.39. The summed E-state index contributed by atoms with van der Waals surface area (Å²) in [6.07, 6.45) is 0.911. The molecule has 2 aromatic carbocycles. The SMILES string of the molecule is O=C(OCc1cc(=O)oc2cc(O)ccc12)C1CCN(C(=O)c2ccc(F)cc2)CC1. The van der Waals surface area contributed by atoms with Crippen LogP contribution in [0.5, 0.6) is 5.75 Å². The topological polar surface area (TPSA) is 97.1 Å². The number of halogens is 1. The lowest BCUT2D eigenvalue weighted by Gasteiger charge is -2.31. The maximum atomic E-state index is 13.0. The maximum Gasteiger partial charge on any atom is 0.336 e. The summed E-state index contributed by atoms with van der Waals surface area (Å²) in [6, 6.07) is 11.0. The van der Waals surface area contributed by atoms with Crippen LogP contribution in [0.1, 0.15) is 28.8 Å². The van der Waals surface area contributed by atoms with Crippen LogP contribution in [-0.4, -0.2) is 35.0 Å². The van der Waals surface area contributed by atoms with E-state index >= 15 is 0 Å². The van der Waals surface area contributed by atoms with Gasteiger partial charge in [-0.2, -0.15) is 0 Å². The Kier molecular flexibility index (Phi) is 5.70. The number of esters is 1. The van der Waals surface area contributed by atoms with Crippen molar-refractivity contribution in [3.8, 4) is 5.75 Å². The molecule has 3 aromatic rings. The summed E-state index contributed by atoms with van der Waals surface area (Å²) >= 11 is 0. The first-order valence-corrected chi connectivity index (χ1v) is 9.88. The van der Waals surface area contributed by atoms with Crippen molar-refractivity contribution in [1.29, 1.82) is 0 Å². The summed E-state index contributed by atoms with van der Waals surface area (Å²) in [7, 11) is 0. The fourth-order valence-electron chi connectivity index (χ4n) is 3.70. The summed E-state index contributed by atoms with van der Waals surface area (Å²) in [5, 5.41) is 10.1. The van der Waals surface area contributed by atoms with E-state index in [0.29, 0.717) is 42.4 Å². The van der Waals surface area contributed by atoms with Crippen molar-refractivity contribution in [2.24, 2.45) is 5.92 Å². The molecule has 0 bridgehead atoms. The zero-order valence-electron chi connectivity index (χ0n) is 16.5. The number of fused-ring (bicyclic) bond motifs is 1. The highest BCUT2D eigenvalue weighted by molar-refractivity contribution is 5.94. The van der Waals surface area contributed by atoms with Crippen molar-refractivity contribution in [1.82, 2.24) is 4.90 Å². The number of piperidine rings is 1. The Morgan fingerprint density at radius 3 is 2.52 bits per heavy atom.